The molecule has 0 amide bonds. The van der Waals surface area contributed by atoms with Crippen LogP contribution in [0.2, 0.25) is 0 Å². The van der Waals surface area contributed by atoms with E-state index in [0.717, 1.165) is 0 Å². The van der Waals surface area contributed by atoms with Crippen molar-refractivity contribution in [2.45, 2.75) is 69.9 Å². The van der Waals surface area contributed by atoms with Crippen LogP contribution in [0, 0.1) is 0 Å². The summed E-state index contributed by atoms with van der Waals surface area (Å²) in [6.45, 7) is 10.7. The molecular formula is C18H26O7. The van der Waals surface area contributed by atoms with Gasteiger partial charge in [-0.2, -0.15) is 0 Å². The highest BCUT2D eigenvalue weighted by molar-refractivity contribution is 5.70. The first kappa shape index (κ1) is 19.6. The molecule has 2 aliphatic rings. The molecule has 2 heterocycles. The fourth-order valence-electron chi connectivity index (χ4n) is 2.75. The van der Waals surface area contributed by atoms with Gasteiger partial charge in [-0.3, -0.25) is 9.59 Å². The molecule has 0 N–H and O–H groups in total. The van der Waals surface area contributed by atoms with Gasteiger partial charge in [-0.05, 0) is 26.7 Å². The van der Waals surface area contributed by atoms with Crippen molar-refractivity contribution < 1.29 is 33.3 Å². The molecule has 0 unspecified atom stereocenters. The molecule has 2 aliphatic heterocycles. The van der Waals surface area contributed by atoms with E-state index in [1.807, 2.05) is 0 Å². The van der Waals surface area contributed by atoms with Crippen LogP contribution in [0.4, 0.5) is 0 Å². The van der Waals surface area contributed by atoms with Gasteiger partial charge in [-0.25, -0.2) is 0 Å². The Kier molecular flexibility index (Phi) is 6.75. The van der Waals surface area contributed by atoms with Crippen molar-refractivity contribution in [1.29, 1.82) is 0 Å². The number of carbonyl (C=O) groups excluding carboxylic acids is 2. The molecule has 4 atom stereocenters. The van der Waals surface area contributed by atoms with Crippen molar-refractivity contribution >= 4 is 11.9 Å². The highest BCUT2D eigenvalue weighted by Gasteiger charge is 2.57. The smallest absolute Gasteiger partial charge is 0.308 e. The van der Waals surface area contributed by atoms with Crippen molar-refractivity contribution in [2.24, 2.45) is 0 Å². The maximum absolute atomic E-state index is 11.9. The van der Waals surface area contributed by atoms with Crippen LogP contribution in [-0.4, -0.2) is 48.9 Å². The van der Waals surface area contributed by atoms with Gasteiger partial charge < -0.3 is 23.7 Å². The number of esters is 2. The summed E-state index contributed by atoms with van der Waals surface area (Å²) in [7, 11) is 0. The van der Waals surface area contributed by atoms with E-state index in [9.17, 15) is 9.59 Å². The Balaban J connectivity index is 1.94. The van der Waals surface area contributed by atoms with Gasteiger partial charge in [-0.15, -0.1) is 13.2 Å². The summed E-state index contributed by atoms with van der Waals surface area (Å²) in [5, 5.41) is 0. The Morgan fingerprint density at radius 2 is 1.64 bits per heavy atom. The number of fused-ring (bicyclic) bond motifs is 1. The average molecular weight is 354 g/mol. The quantitative estimate of drug-likeness (QED) is 0.464. The third-order valence-corrected chi connectivity index (χ3v) is 3.87. The molecule has 0 aromatic carbocycles. The maximum Gasteiger partial charge on any atom is 0.308 e. The molecule has 0 saturated carbocycles. The zero-order chi connectivity index (χ0) is 18.4. The van der Waals surface area contributed by atoms with Crippen LogP contribution in [0.25, 0.3) is 0 Å². The Morgan fingerprint density at radius 3 is 2.28 bits per heavy atom. The number of hydrogen-bond acceptors (Lipinski definition) is 7. The minimum absolute atomic E-state index is 0.0112. The predicted octanol–water partition coefficient (Wildman–Crippen LogP) is 2.25. The lowest BCUT2D eigenvalue weighted by Gasteiger charge is -2.24. The molecule has 25 heavy (non-hydrogen) atoms. The van der Waals surface area contributed by atoms with E-state index < -0.39 is 36.4 Å². The molecular weight excluding hydrogens is 328 g/mol. The number of carbonyl (C=O) groups is 2. The lowest BCUT2D eigenvalue weighted by Crippen LogP contribution is -2.33. The summed E-state index contributed by atoms with van der Waals surface area (Å²) in [6.07, 6.45) is 2.36. The molecule has 140 valence electrons. The van der Waals surface area contributed by atoms with Gasteiger partial charge in [0.2, 0.25) is 6.29 Å². The highest BCUT2D eigenvalue weighted by Crippen LogP contribution is 2.39. The Bertz CT molecular complexity index is 514. The fourth-order valence-corrected chi connectivity index (χ4v) is 2.75. The summed E-state index contributed by atoms with van der Waals surface area (Å²) in [6, 6.07) is 0. The van der Waals surface area contributed by atoms with Gasteiger partial charge in [0, 0.05) is 12.8 Å². The topological polar surface area (TPSA) is 80.3 Å². The molecule has 0 aromatic rings. The Hall–Kier alpha value is -1.70. The molecule has 0 aromatic heterocycles. The van der Waals surface area contributed by atoms with E-state index in [4.69, 9.17) is 23.7 Å². The number of hydrogen-bond donors (Lipinski definition) is 0. The lowest BCUT2D eigenvalue weighted by molar-refractivity contribution is -0.235. The van der Waals surface area contributed by atoms with Crippen LogP contribution < -0.4 is 0 Å². The molecule has 0 bridgehead atoms. The van der Waals surface area contributed by atoms with E-state index in [2.05, 4.69) is 13.2 Å². The Labute approximate surface area is 147 Å². The van der Waals surface area contributed by atoms with Crippen LogP contribution in [-0.2, 0) is 33.3 Å². The second-order valence-electron chi connectivity index (χ2n) is 6.44. The number of ether oxygens (including phenoxy) is 5. The summed E-state index contributed by atoms with van der Waals surface area (Å²) in [4.78, 5) is 23.5. The minimum Gasteiger partial charge on any atom is -0.463 e. The van der Waals surface area contributed by atoms with E-state index in [0.29, 0.717) is 12.8 Å². The summed E-state index contributed by atoms with van der Waals surface area (Å²) in [5.74, 6) is -1.57. The average Bonchev–Trinajstić information content (AvgIpc) is 3.03. The standard InChI is InChI=1S/C18H26O7/c1-5-7-9-13(19)21-11-12-15-16(25-18(3,4)24-15)17(22-12)23-14(20)10-8-6-2/h5-6,12,15-17H,1-2,7-11H2,3-4H3/t12-,15-,16-,17+/m1/s1. The van der Waals surface area contributed by atoms with Gasteiger partial charge >= 0.3 is 11.9 Å². The molecule has 7 nitrogen and oxygen atoms in total. The zero-order valence-electron chi connectivity index (χ0n) is 14.8. The first-order chi connectivity index (χ1) is 11.9. The van der Waals surface area contributed by atoms with Crippen LogP contribution in [0.15, 0.2) is 25.3 Å². The van der Waals surface area contributed by atoms with Crippen molar-refractivity contribution in [3.8, 4) is 0 Å². The Morgan fingerprint density at radius 1 is 1.04 bits per heavy atom. The van der Waals surface area contributed by atoms with Crippen molar-refractivity contribution in [3.63, 3.8) is 0 Å². The third kappa shape index (κ3) is 5.39. The predicted molar refractivity (Wildman–Crippen MR) is 88.4 cm³/mol. The maximum atomic E-state index is 11.9. The lowest BCUT2D eigenvalue weighted by atomic mass is 10.1. The van der Waals surface area contributed by atoms with Gasteiger partial charge in [0.25, 0.3) is 0 Å². The minimum atomic E-state index is -0.888. The summed E-state index contributed by atoms with van der Waals surface area (Å²) in [5.41, 5.74) is 0. The van der Waals surface area contributed by atoms with E-state index in [1.165, 1.54) is 0 Å². The van der Waals surface area contributed by atoms with E-state index in [-0.39, 0.29) is 25.4 Å². The third-order valence-electron chi connectivity index (χ3n) is 3.87. The van der Waals surface area contributed by atoms with Gasteiger partial charge in [0.05, 0.1) is 0 Å². The first-order valence-corrected chi connectivity index (χ1v) is 8.44. The molecule has 0 aliphatic carbocycles. The first-order valence-electron chi connectivity index (χ1n) is 8.44. The molecule has 2 rings (SSSR count). The van der Waals surface area contributed by atoms with Crippen molar-refractivity contribution in [3.05, 3.63) is 25.3 Å². The molecule has 0 spiro atoms. The van der Waals surface area contributed by atoms with Crippen molar-refractivity contribution in [1.82, 2.24) is 0 Å². The molecule has 0 radical (unpaired) electrons. The van der Waals surface area contributed by atoms with Gasteiger partial charge in [-0.1, -0.05) is 12.2 Å². The second-order valence-corrected chi connectivity index (χ2v) is 6.44. The summed E-state index contributed by atoms with van der Waals surface area (Å²) >= 11 is 0. The van der Waals surface area contributed by atoms with Crippen molar-refractivity contribution in [2.75, 3.05) is 6.61 Å². The van der Waals surface area contributed by atoms with Crippen LogP contribution in [0.5, 0.6) is 0 Å². The molecule has 7 heteroatoms. The highest BCUT2D eigenvalue weighted by atomic mass is 16.8. The van der Waals surface area contributed by atoms with Gasteiger partial charge in [0.15, 0.2) is 11.9 Å². The fraction of sp³-hybridized carbons (Fsp3) is 0.667. The molecule has 2 fully saturated rings. The van der Waals surface area contributed by atoms with Crippen LogP contribution >= 0.6 is 0 Å². The number of allylic oxidation sites excluding steroid dienone is 2. The van der Waals surface area contributed by atoms with Crippen LogP contribution in [0.3, 0.4) is 0 Å². The van der Waals surface area contributed by atoms with E-state index in [1.54, 1.807) is 26.0 Å². The second kappa shape index (κ2) is 8.60. The number of rotatable bonds is 9. The largest absolute Gasteiger partial charge is 0.463 e. The normalized spacial score (nSPS) is 29.7. The van der Waals surface area contributed by atoms with E-state index >= 15 is 0 Å². The van der Waals surface area contributed by atoms with Gasteiger partial charge in [0.1, 0.15) is 18.8 Å². The monoisotopic (exact) mass is 354 g/mol. The molecule has 2 saturated heterocycles. The van der Waals surface area contributed by atoms with Crippen LogP contribution in [0.1, 0.15) is 39.5 Å². The zero-order valence-corrected chi connectivity index (χ0v) is 14.8. The SMILES string of the molecule is C=CCCC(=O)OC[C@H]1O[C@@H](OC(=O)CCC=C)[C@@H]2OC(C)(C)O[C@@H]21. The summed E-state index contributed by atoms with van der Waals surface area (Å²) < 4.78 is 27.9.